The minimum atomic E-state index is -3.38. The number of hydrogen-bond acceptors (Lipinski definition) is 4. The molecule has 0 atom stereocenters. The molecule has 0 aliphatic heterocycles. The van der Waals surface area contributed by atoms with Crippen LogP contribution < -0.4 is 5.73 Å². The van der Waals surface area contributed by atoms with Crippen molar-refractivity contribution in [2.75, 3.05) is 18.9 Å². The standard InChI is InChI=1S/C21H45NO3S.Na/c1-2-3-4-5-6-7-8-9-10-11-12-13-14-15-16-17-18-20-25-26(23,24)21-19-22;/h2-22H2,1H3;. The molecule has 0 saturated carbocycles. The molecule has 0 aromatic carbocycles. The van der Waals surface area contributed by atoms with Crippen LogP contribution in [0.25, 0.3) is 0 Å². The van der Waals surface area contributed by atoms with Crippen molar-refractivity contribution >= 4 is 39.7 Å². The molecular formula is C21H45NNaO3S. The summed E-state index contributed by atoms with van der Waals surface area (Å²) in [6, 6.07) is 0. The second-order valence-corrected chi connectivity index (χ2v) is 9.29. The minimum absolute atomic E-state index is 0. The fourth-order valence-electron chi connectivity index (χ4n) is 3.22. The van der Waals surface area contributed by atoms with E-state index >= 15 is 0 Å². The second-order valence-electron chi connectivity index (χ2n) is 7.53. The molecule has 0 unspecified atom stereocenters. The van der Waals surface area contributed by atoms with E-state index in [0.29, 0.717) is 6.61 Å². The molecule has 0 fully saturated rings. The van der Waals surface area contributed by atoms with E-state index in [-0.39, 0.29) is 41.9 Å². The predicted octanol–water partition coefficient (Wildman–Crippen LogP) is 5.56. The maximum atomic E-state index is 11.3. The van der Waals surface area contributed by atoms with Crippen LogP contribution in [0.1, 0.15) is 116 Å². The average Bonchev–Trinajstić information content (AvgIpc) is 2.60. The van der Waals surface area contributed by atoms with Crippen molar-refractivity contribution in [2.24, 2.45) is 5.73 Å². The van der Waals surface area contributed by atoms with Gasteiger partial charge in [0.15, 0.2) is 0 Å². The van der Waals surface area contributed by atoms with Crippen LogP contribution >= 0.6 is 0 Å². The maximum absolute atomic E-state index is 11.3. The van der Waals surface area contributed by atoms with Crippen LogP contribution in [-0.2, 0) is 14.3 Å². The molecular weight excluding hydrogens is 369 g/mol. The summed E-state index contributed by atoms with van der Waals surface area (Å²) in [5, 5.41) is 0. The van der Waals surface area contributed by atoms with Crippen LogP contribution in [0.2, 0.25) is 0 Å². The van der Waals surface area contributed by atoms with Crippen molar-refractivity contribution in [3.63, 3.8) is 0 Å². The van der Waals surface area contributed by atoms with E-state index in [2.05, 4.69) is 6.92 Å². The molecule has 0 saturated heterocycles. The van der Waals surface area contributed by atoms with Gasteiger partial charge in [0, 0.05) is 36.1 Å². The van der Waals surface area contributed by atoms with Gasteiger partial charge < -0.3 is 5.73 Å². The summed E-state index contributed by atoms with van der Waals surface area (Å²) in [6.07, 6.45) is 22.5. The molecule has 0 aliphatic rings. The average molecular weight is 415 g/mol. The van der Waals surface area contributed by atoms with Gasteiger partial charge in [-0.15, -0.1) is 0 Å². The maximum Gasteiger partial charge on any atom is 0.268 e. The van der Waals surface area contributed by atoms with Gasteiger partial charge in [-0.25, -0.2) is 0 Å². The smallest absolute Gasteiger partial charge is 0.268 e. The van der Waals surface area contributed by atoms with Gasteiger partial charge in [-0.3, -0.25) is 4.18 Å². The topological polar surface area (TPSA) is 69.4 Å². The molecule has 6 heteroatoms. The van der Waals surface area contributed by atoms with Crippen LogP contribution in [0.3, 0.4) is 0 Å². The molecule has 4 nitrogen and oxygen atoms in total. The van der Waals surface area contributed by atoms with Gasteiger partial charge in [-0.2, -0.15) is 8.42 Å². The van der Waals surface area contributed by atoms with Gasteiger partial charge in [0.1, 0.15) is 0 Å². The third kappa shape index (κ3) is 24.8. The fourth-order valence-corrected chi connectivity index (χ4v) is 3.99. The van der Waals surface area contributed by atoms with Crippen LogP contribution in [-0.4, -0.2) is 56.9 Å². The summed E-state index contributed by atoms with van der Waals surface area (Å²) in [5.74, 6) is -0.0774. The molecule has 0 spiro atoms. The molecule has 27 heavy (non-hydrogen) atoms. The molecule has 0 amide bonds. The largest absolute Gasteiger partial charge is 0.329 e. The molecule has 0 aromatic heterocycles. The first-order valence-electron chi connectivity index (χ1n) is 11.2. The third-order valence-corrected chi connectivity index (χ3v) is 6.14. The molecule has 2 N–H and O–H groups in total. The summed E-state index contributed by atoms with van der Waals surface area (Å²) in [7, 11) is -3.38. The van der Waals surface area contributed by atoms with E-state index in [9.17, 15) is 8.42 Å². The van der Waals surface area contributed by atoms with Crippen LogP contribution in [0.15, 0.2) is 0 Å². The SMILES string of the molecule is CCCCCCCCCCCCCCCCCCCOS(=O)(=O)CCN.[Na]. The van der Waals surface area contributed by atoms with Crippen molar-refractivity contribution in [3.05, 3.63) is 0 Å². The van der Waals surface area contributed by atoms with E-state index < -0.39 is 10.1 Å². The Morgan fingerprint density at radius 2 is 0.963 bits per heavy atom. The Kier molecular flexibility index (Phi) is 25.8. The molecule has 1 radical (unpaired) electrons. The Morgan fingerprint density at radius 3 is 1.30 bits per heavy atom. The van der Waals surface area contributed by atoms with E-state index in [1.165, 1.54) is 96.3 Å². The van der Waals surface area contributed by atoms with E-state index in [4.69, 9.17) is 9.92 Å². The van der Waals surface area contributed by atoms with Gasteiger partial charge in [-0.05, 0) is 6.42 Å². The van der Waals surface area contributed by atoms with Crippen molar-refractivity contribution in [3.8, 4) is 0 Å². The molecule has 0 rings (SSSR count). The summed E-state index contributed by atoms with van der Waals surface area (Å²) in [6.45, 7) is 2.71. The number of hydrogen-bond donors (Lipinski definition) is 1. The van der Waals surface area contributed by atoms with E-state index in [0.717, 1.165) is 12.8 Å². The van der Waals surface area contributed by atoms with Crippen LogP contribution in [0.4, 0.5) is 0 Å². The Balaban J connectivity index is 0. The number of nitrogens with two attached hydrogens (primary N) is 1. The van der Waals surface area contributed by atoms with Crippen molar-refractivity contribution in [2.45, 2.75) is 116 Å². The van der Waals surface area contributed by atoms with Crippen molar-refractivity contribution in [1.29, 1.82) is 0 Å². The quantitative estimate of drug-likeness (QED) is 0.152. The zero-order chi connectivity index (χ0) is 19.3. The molecule has 0 aliphatic carbocycles. The molecule has 0 heterocycles. The first kappa shape index (κ1) is 30.1. The first-order valence-corrected chi connectivity index (χ1v) is 12.8. The number of rotatable bonds is 21. The monoisotopic (exact) mass is 414 g/mol. The van der Waals surface area contributed by atoms with E-state index in [1.54, 1.807) is 0 Å². The number of unbranched alkanes of at least 4 members (excludes halogenated alkanes) is 16. The zero-order valence-electron chi connectivity index (χ0n) is 18.4. The Morgan fingerprint density at radius 1 is 0.630 bits per heavy atom. The molecule has 159 valence electrons. The summed E-state index contributed by atoms with van der Waals surface area (Å²) >= 11 is 0. The van der Waals surface area contributed by atoms with Crippen molar-refractivity contribution in [1.82, 2.24) is 0 Å². The Labute approximate surface area is 192 Å². The third-order valence-electron chi connectivity index (χ3n) is 4.88. The van der Waals surface area contributed by atoms with Crippen LogP contribution in [0, 0.1) is 0 Å². The van der Waals surface area contributed by atoms with Gasteiger partial charge in [0.25, 0.3) is 10.1 Å². The molecule has 0 aromatic rings. The van der Waals surface area contributed by atoms with Gasteiger partial charge in [0.2, 0.25) is 0 Å². The predicted molar refractivity (Wildman–Crippen MR) is 119 cm³/mol. The summed E-state index contributed by atoms with van der Waals surface area (Å²) in [4.78, 5) is 0. The Bertz CT molecular complexity index is 378. The van der Waals surface area contributed by atoms with Gasteiger partial charge in [0.05, 0.1) is 12.4 Å². The fraction of sp³-hybridized carbons (Fsp3) is 1.00. The molecule has 0 bridgehead atoms. The first-order chi connectivity index (χ1) is 12.6. The summed E-state index contributed by atoms with van der Waals surface area (Å²) < 4.78 is 27.5. The summed E-state index contributed by atoms with van der Waals surface area (Å²) in [5.41, 5.74) is 5.23. The Hall–Kier alpha value is 0.870. The zero-order valence-corrected chi connectivity index (χ0v) is 21.2. The normalized spacial score (nSPS) is 11.5. The van der Waals surface area contributed by atoms with Crippen molar-refractivity contribution < 1.29 is 12.6 Å². The minimum Gasteiger partial charge on any atom is -0.329 e. The van der Waals surface area contributed by atoms with Gasteiger partial charge >= 0.3 is 0 Å². The van der Waals surface area contributed by atoms with Crippen LogP contribution in [0.5, 0.6) is 0 Å². The van der Waals surface area contributed by atoms with Gasteiger partial charge in [-0.1, -0.05) is 110 Å². The van der Waals surface area contributed by atoms with E-state index in [1.807, 2.05) is 0 Å². The second kappa shape index (κ2) is 23.2.